The number of fused-ring (bicyclic) bond motifs is 1. The third-order valence-electron chi connectivity index (χ3n) is 4.09. The Morgan fingerprint density at radius 3 is 2.81 bits per heavy atom. The number of carbonyl (C=O) groups excluding carboxylic acids is 1. The Morgan fingerprint density at radius 2 is 2.29 bits per heavy atom. The first kappa shape index (κ1) is 14.2. The Hall–Kier alpha value is -1.70. The summed E-state index contributed by atoms with van der Waals surface area (Å²) < 4.78 is 0. The Labute approximate surface area is 124 Å². The van der Waals surface area contributed by atoms with Gasteiger partial charge in [0.2, 0.25) is 5.91 Å². The number of thiophene rings is 1. The van der Waals surface area contributed by atoms with Crippen LogP contribution in [0.3, 0.4) is 0 Å². The van der Waals surface area contributed by atoms with Gasteiger partial charge in [-0.15, -0.1) is 11.3 Å². The summed E-state index contributed by atoms with van der Waals surface area (Å²) in [7, 11) is 0. The maximum atomic E-state index is 12.1. The molecule has 0 aliphatic carbocycles. The average molecular weight is 309 g/mol. The quantitative estimate of drug-likeness (QED) is 0.709. The predicted octanol–water partition coefficient (Wildman–Crippen LogP) is 0.648. The van der Waals surface area contributed by atoms with Gasteiger partial charge in [-0.2, -0.15) is 0 Å². The first-order valence-electron chi connectivity index (χ1n) is 6.62. The summed E-state index contributed by atoms with van der Waals surface area (Å²) in [6, 6.07) is 1.47. The van der Waals surface area contributed by atoms with Crippen molar-refractivity contribution in [2.24, 2.45) is 5.92 Å². The van der Waals surface area contributed by atoms with Gasteiger partial charge >= 0.3 is 5.97 Å². The lowest BCUT2D eigenvalue weighted by molar-refractivity contribution is -0.161. The summed E-state index contributed by atoms with van der Waals surface area (Å²) in [5.74, 6) is -2.01. The van der Waals surface area contributed by atoms with Crippen LogP contribution in [-0.4, -0.2) is 44.2 Å². The van der Waals surface area contributed by atoms with E-state index in [4.69, 9.17) is 5.11 Å². The molecule has 0 aromatic carbocycles. The Morgan fingerprint density at radius 1 is 1.57 bits per heavy atom. The van der Waals surface area contributed by atoms with Crippen LogP contribution >= 0.6 is 11.3 Å². The van der Waals surface area contributed by atoms with Gasteiger partial charge in [-0.1, -0.05) is 0 Å². The fourth-order valence-electron chi connectivity index (χ4n) is 3.15. The van der Waals surface area contributed by atoms with Crippen LogP contribution in [0, 0.1) is 5.92 Å². The lowest BCUT2D eigenvalue weighted by Crippen LogP contribution is -2.61. The molecule has 21 heavy (non-hydrogen) atoms. The summed E-state index contributed by atoms with van der Waals surface area (Å²) in [5.41, 5.74) is 1.33. The van der Waals surface area contributed by atoms with Crippen LogP contribution in [0.1, 0.15) is 23.8 Å². The van der Waals surface area contributed by atoms with Crippen LogP contribution in [0.25, 0.3) is 5.57 Å². The van der Waals surface area contributed by atoms with E-state index in [1.165, 1.54) is 16.2 Å². The zero-order chi connectivity index (χ0) is 15.3. The van der Waals surface area contributed by atoms with Crippen molar-refractivity contribution in [1.29, 1.82) is 0 Å². The van der Waals surface area contributed by atoms with E-state index in [1.807, 2.05) is 0 Å². The number of aliphatic carboxylic acids is 1. The number of amides is 1. The highest BCUT2D eigenvalue weighted by molar-refractivity contribution is 7.10. The molecule has 2 aliphatic heterocycles. The van der Waals surface area contributed by atoms with E-state index in [2.05, 4.69) is 0 Å². The van der Waals surface area contributed by atoms with E-state index < -0.39 is 18.0 Å². The second-order valence-electron chi connectivity index (χ2n) is 5.34. The molecule has 0 unspecified atom stereocenters. The number of aliphatic hydroxyl groups is 2. The SMILES string of the molecule is C[C@@H](O)[C@H]1C(=O)N2C(C(=O)O)=C(c3csc(CO)c3)C[C@H]12. The monoisotopic (exact) mass is 309 g/mol. The minimum absolute atomic E-state index is 0.00388. The molecule has 1 saturated heterocycles. The third kappa shape index (κ3) is 2.00. The highest BCUT2D eigenvalue weighted by Gasteiger charge is 2.56. The van der Waals surface area contributed by atoms with Crippen molar-refractivity contribution in [2.75, 3.05) is 0 Å². The second kappa shape index (κ2) is 4.94. The largest absolute Gasteiger partial charge is 0.477 e. The molecule has 0 spiro atoms. The molecular weight excluding hydrogens is 294 g/mol. The minimum Gasteiger partial charge on any atom is -0.477 e. The number of hydrogen-bond donors (Lipinski definition) is 3. The molecule has 3 atom stereocenters. The van der Waals surface area contributed by atoms with Crippen LogP contribution in [-0.2, 0) is 16.2 Å². The van der Waals surface area contributed by atoms with Crippen molar-refractivity contribution in [3.63, 3.8) is 0 Å². The number of aliphatic hydroxyl groups excluding tert-OH is 2. The van der Waals surface area contributed by atoms with Gasteiger partial charge in [0.25, 0.3) is 0 Å². The summed E-state index contributed by atoms with van der Waals surface area (Å²) in [5, 5.41) is 30.0. The molecule has 3 N–H and O–H groups in total. The molecule has 2 aliphatic rings. The number of carboxylic acids is 1. The Bertz CT molecular complexity index is 648. The summed E-state index contributed by atoms with van der Waals surface area (Å²) in [6.45, 7) is 1.45. The molecule has 1 aromatic heterocycles. The van der Waals surface area contributed by atoms with E-state index in [1.54, 1.807) is 18.4 Å². The third-order valence-corrected chi connectivity index (χ3v) is 5.01. The van der Waals surface area contributed by atoms with Crippen molar-refractivity contribution >= 4 is 28.8 Å². The number of rotatable bonds is 4. The van der Waals surface area contributed by atoms with Crippen molar-refractivity contribution in [3.8, 4) is 0 Å². The molecule has 3 rings (SSSR count). The number of nitrogens with zero attached hydrogens (tertiary/aromatic N) is 1. The van der Waals surface area contributed by atoms with Gasteiger partial charge in [-0.25, -0.2) is 4.79 Å². The number of carbonyl (C=O) groups is 2. The van der Waals surface area contributed by atoms with Crippen LogP contribution < -0.4 is 0 Å². The zero-order valence-electron chi connectivity index (χ0n) is 11.3. The van der Waals surface area contributed by atoms with Crippen molar-refractivity contribution in [3.05, 3.63) is 27.6 Å². The maximum absolute atomic E-state index is 12.1. The van der Waals surface area contributed by atoms with Crippen LogP contribution in [0.15, 0.2) is 17.1 Å². The minimum atomic E-state index is -1.14. The molecule has 0 saturated carbocycles. The van der Waals surface area contributed by atoms with E-state index >= 15 is 0 Å². The van der Waals surface area contributed by atoms with Crippen LogP contribution in [0.2, 0.25) is 0 Å². The lowest BCUT2D eigenvalue weighted by Gasteiger charge is -2.44. The molecule has 0 radical (unpaired) electrons. The average Bonchev–Trinajstić information content (AvgIpc) is 2.99. The lowest BCUT2D eigenvalue weighted by atomic mass is 9.82. The topological polar surface area (TPSA) is 98.1 Å². The number of hydrogen-bond acceptors (Lipinski definition) is 5. The van der Waals surface area contributed by atoms with Crippen LogP contribution in [0.5, 0.6) is 0 Å². The van der Waals surface area contributed by atoms with Gasteiger partial charge in [0.15, 0.2) is 0 Å². The molecule has 7 heteroatoms. The molecule has 1 aromatic rings. The number of carboxylic acid groups (broad SMARTS) is 1. The smallest absolute Gasteiger partial charge is 0.352 e. The molecule has 3 heterocycles. The van der Waals surface area contributed by atoms with Crippen molar-refractivity contribution in [1.82, 2.24) is 4.90 Å². The van der Waals surface area contributed by atoms with Gasteiger partial charge in [-0.05, 0) is 35.9 Å². The molecule has 1 fully saturated rings. The fourth-order valence-corrected chi connectivity index (χ4v) is 3.91. The molecule has 1 amide bonds. The molecule has 0 bridgehead atoms. The number of β-lactam (4-membered cyclic amide) rings is 1. The Kier molecular flexibility index (Phi) is 3.35. The summed E-state index contributed by atoms with van der Waals surface area (Å²) >= 11 is 1.35. The highest BCUT2D eigenvalue weighted by Crippen LogP contribution is 2.47. The van der Waals surface area contributed by atoms with Gasteiger partial charge in [0, 0.05) is 4.88 Å². The maximum Gasteiger partial charge on any atom is 0.352 e. The molecule has 6 nitrogen and oxygen atoms in total. The van der Waals surface area contributed by atoms with E-state index in [-0.39, 0.29) is 24.3 Å². The van der Waals surface area contributed by atoms with Gasteiger partial charge in [-0.3, -0.25) is 4.79 Å². The first-order valence-corrected chi connectivity index (χ1v) is 7.50. The van der Waals surface area contributed by atoms with Gasteiger partial charge in [0.05, 0.1) is 24.7 Å². The predicted molar refractivity (Wildman–Crippen MR) is 75.2 cm³/mol. The van der Waals surface area contributed by atoms with Gasteiger partial charge in [0.1, 0.15) is 5.70 Å². The molecule has 112 valence electrons. The fraction of sp³-hybridized carbons (Fsp3) is 0.429. The van der Waals surface area contributed by atoms with E-state index in [9.17, 15) is 19.8 Å². The summed E-state index contributed by atoms with van der Waals surface area (Å²) in [4.78, 5) is 25.6. The highest BCUT2D eigenvalue weighted by atomic mass is 32.1. The van der Waals surface area contributed by atoms with Gasteiger partial charge < -0.3 is 20.2 Å². The normalized spacial score (nSPS) is 25.9. The summed E-state index contributed by atoms with van der Waals surface area (Å²) in [6.07, 6.45) is -0.367. The Balaban J connectivity index is 2.00. The standard InChI is InChI=1S/C14H15NO5S/c1-6(17)11-10-3-9(7-2-8(4-16)21-5-7)12(14(19)20)15(10)13(11)18/h2,5-6,10-11,16-17H,3-4H2,1H3,(H,19,20)/t6-,10-,11-/m1/s1. The molecular formula is C14H15NO5S. The van der Waals surface area contributed by atoms with E-state index in [0.717, 1.165) is 10.4 Å². The van der Waals surface area contributed by atoms with E-state index in [0.29, 0.717) is 12.0 Å². The van der Waals surface area contributed by atoms with Crippen molar-refractivity contribution in [2.45, 2.75) is 32.1 Å². The first-order chi connectivity index (χ1) is 9.95. The van der Waals surface area contributed by atoms with Crippen LogP contribution in [0.4, 0.5) is 0 Å². The van der Waals surface area contributed by atoms with Crippen molar-refractivity contribution < 1.29 is 24.9 Å². The second-order valence-corrected chi connectivity index (χ2v) is 6.33. The zero-order valence-corrected chi connectivity index (χ0v) is 12.1.